The molecule has 7 nitrogen and oxygen atoms in total. The number of rotatable bonds is 7. The van der Waals surface area contributed by atoms with Crippen molar-refractivity contribution in [1.82, 2.24) is 0 Å². The van der Waals surface area contributed by atoms with Crippen molar-refractivity contribution in [2.24, 2.45) is 11.8 Å². The lowest BCUT2D eigenvalue weighted by Gasteiger charge is -2.07. The Morgan fingerprint density at radius 2 is 1.04 bits per heavy atom. The van der Waals surface area contributed by atoms with Gasteiger partial charge in [0, 0.05) is 13.2 Å². The third kappa shape index (κ3) is 74.1. The fraction of sp³-hybridized carbons (Fsp3) is 0.857. The number of aliphatic hydroxyl groups is 2. The van der Waals surface area contributed by atoms with Gasteiger partial charge in [-0.15, -0.1) is 0 Å². The van der Waals surface area contributed by atoms with Crippen molar-refractivity contribution in [3.63, 3.8) is 0 Å². The first-order valence-electron chi connectivity index (χ1n) is 7.03. The maximum atomic E-state index is 9.29. The number of aliphatic carboxylic acids is 2. The number of carbonyl (C=O) groups is 2. The first-order valence-corrected chi connectivity index (χ1v) is 8.30. The number of carboxylic acid groups (broad SMARTS) is 2. The van der Waals surface area contributed by atoms with Crippen LogP contribution in [0.3, 0.4) is 0 Å². The number of hydrogen-bond donors (Lipinski definition) is 6. The summed E-state index contributed by atoms with van der Waals surface area (Å²) >= 11 is 6.83. The predicted octanol–water partition coefficient (Wildman–Crippen LogP) is 1.29. The lowest BCUT2D eigenvalue weighted by molar-refractivity contribution is -0.134. The maximum Gasteiger partial charge on any atom is 0.313 e. The smallest absolute Gasteiger partial charge is 0.313 e. The van der Waals surface area contributed by atoms with Gasteiger partial charge in [0.2, 0.25) is 0 Å². The van der Waals surface area contributed by atoms with Crippen LogP contribution in [0.15, 0.2) is 0 Å². The summed E-state index contributed by atoms with van der Waals surface area (Å²) in [5.41, 5.74) is 0. The molecule has 4 N–H and O–H groups in total. The predicted molar refractivity (Wildman–Crippen MR) is 97.6 cm³/mol. The molecule has 0 aliphatic heterocycles. The molecule has 0 unspecified atom stereocenters. The van der Waals surface area contributed by atoms with E-state index in [9.17, 15) is 9.59 Å². The Hall–Kier alpha value is -0.480. The van der Waals surface area contributed by atoms with Crippen LogP contribution < -0.4 is 0 Å². The Labute approximate surface area is 149 Å². The first kappa shape index (κ1) is 30.4. The summed E-state index contributed by atoms with van der Waals surface area (Å²) < 4.78 is 5.36. The first-order chi connectivity index (χ1) is 10.6. The standard InChI is InChI=1S/C8H18O.2C2H4O2S.C2H6O2/c1-7(2)5-9-6-8(3)4;2*3-2(4)1-5;3-1-2-4/h7-8H,5-6H2,1-4H3;2*5H,1H2,(H,3,4);3-4H,1-2H2. The van der Waals surface area contributed by atoms with Crippen molar-refractivity contribution in [1.29, 1.82) is 0 Å². The minimum atomic E-state index is -0.881. The summed E-state index contributed by atoms with van der Waals surface area (Å²) in [6.45, 7) is 10.2. The summed E-state index contributed by atoms with van der Waals surface area (Å²) in [6, 6.07) is 0. The van der Waals surface area contributed by atoms with E-state index in [2.05, 4.69) is 53.0 Å². The van der Waals surface area contributed by atoms with E-state index in [1.165, 1.54) is 0 Å². The normalized spacial score (nSPS) is 8.96. The molecule has 0 aromatic rings. The summed E-state index contributed by atoms with van der Waals surface area (Å²) in [7, 11) is 0. The molecule has 0 aliphatic carbocycles. The zero-order chi connectivity index (χ0) is 19.3. The SMILES string of the molecule is CC(C)COCC(C)C.O=C(O)CS.O=C(O)CS.OCCO. The van der Waals surface area contributed by atoms with Crippen LogP contribution in [0.2, 0.25) is 0 Å². The second kappa shape index (κ2) is 26.4. The molecule has 142 valence electrons. The molecule has 0 heterocycles. The van der Waals surface area contributed by atoms with Crippen molar-refractivity contribution >= 4 is 37.2 Å². The van der Waals surface area contributed by atoms with Gasteiger partial charge in [-0.2, -0.15) is 25.3 Å². The third-order valence-corrected chi connectivity index (χ3v) is 1.81. The van der Waals surface area contributed by atoms with E-state index < -0.39 is 11.9 Å². The molecule has 0 spiro atoms. The molecule has 0 aromatic heterocycles. The largest absolute Gasteiger partial charge is 0.481 e. The molecule has 9 heteroatoms. The Kier molecular flexibility index (Phi) is 34.9. The molecule has 0 atom stereocenters. The average molecular weight is 377 g/mol. The molecular formula is C14H32O7S2. The molecule has 0 rings (SSSR count). The van der Waals surface area contributed by atoms with Crippen molar-refractivity contribution in [3.8, 4) is 0 Å². The Morgan fingerprint density at radius 1 is 0.826 bits per heavy atom. The second-order valence-electron chi connectivity index (χ2n) is 4.88. The molecule has 0 aliphatic rings. The fourth-order valence-corrected chi connectivity index (χ4v) is 0.539. The lowest BCUT2D eigenvalue weighted by atomic mass is 10.2. The van der Waals surface area contributed by atoms with Gasteiger partial charge in [0.05, 0.1) is 24.7 Å². The molecule has 23 heavy (non-hydrogen) atoms. The number of thiol groups is 2. The van der Waals surface area contributed by atoms with Crippen molar-refractivity contribution in [2.75, 3.05) is 37.9 Å². The lowest BCUT2D eigenvalue weighted by Crippen LogP contribution is -2.06. The number of hydrogen-bond acceptors (Lipinski definition) is 7. The maximum absolute atomic E-state index is 9.29. The quantitative estimate of drug-likeness (QED) is 0.370. The van der Waals surface area contributed by atoms with E-state index >= 15 is 0 Å². The van der Waals surface area contributed by atoms with Crippen LogP contribution in [-0.4, -0.2) is 70.3 Å². The number of ether oxygens (including phenoxy) is 1. The van der Waals surface area contributed by atoms with Gasteiger partial charge in [-0.05, 0) is 11.8 Å². The highest BCUT2D eigenvalue weighted by Crippen LogP contribution is 1.96. The summed E-state index contributed by atoms with van der Waals surface area (Å²) in [4.78, 5) is 18.6. The molecule has 0 aromatic carbocycles. The highest BCUT2D eigenvalue weighted by atomic mass is 32.1. The van der Waals surface area contributed by atoms with Gasteiger partial charge in [-0.3, -0.25) is 9.59 Å². The molecule has 0 saturated heterocycles. The molecular weight excluding hydrogens is 344 g/mol. The monoisotopic (exact) mass is 376 g/mol. The van der Waals surface area contributed by atoms with Crippen LogP contribution >= 0.6 is 25.3 Å². The van der Waals surface area contributed by atoms with Gasteiger partial charge in [-0.25, -0.2) is 0 Å². The average Bonchev–Trinajstić information content (AvgIpc) is 2.47. The molecule has 0 saturated carbocycles. The Bertz CT molecular complexity index is 225. The highest BCUT2D eigenvalue weighted by Gasteiger charge is 1.95. The fourth-order valence-electron chi connectivity index (χ4n) is 0.539. The van der Waals surface area contributed by atoms with E-state index in [0.717, 1.165) is 13.2 Å². The summed E-state index contributed by atoms with van der Waals surface area (Å²) in [6.07, 6.45) is 0. The minimum absolute atomic E-state index is 0.0833. The minimum Gasteiger partial charge on any atom is -0.481 e. The van der Waals surface area contributed by atoms with E-state index in [-0.39, 0.29) is 24.7 Å². The van der Waals surface area contributed by atoms with Gasteiger partial charge in [0.15, 0.2) is 0 Å². The highest BCUT2D eigenvalue weighted by molar-refractivity contribution is 7.81. The Morgan fingerprint density at radius 3 is 1.13 bits per heavy atom. The summed E-state index contributed by atoms with van der Waals surface area (Å²) in [5.74, 6) is -0.589. The van der Waals surface area contributed by atoms with Gasteiger partial charge in [0.25, 0.3) is 0 Å². The van der Waals surface area contributed by atoms with Crippen LogP contribution in [0.5, 0.6) is 0 Å². The molecule has 0 radical (unpaired) electrons. The molecule has 0 fully saturated rings. The zero-order valence-corrected chi connectivity index (χ0v) is 16.1. The third-order valence-electron chi connectivity index (χ3n) is 1.27. The number of aliphatic hydroxyl groups excluding tert-OH is 2. The van der Waals surface area contributed by atoms with Crippen molar-refractivity contribution in [3.05, 3.63) is 0 Å². The van der Waals surface area contributed by atoms with Crippen LogP contribution in [0, 0.1) is 11.8 Å². The number of carboxylic acids is 2. The van der Waals surface area contributed by atoms with Crippen LogP contribution in [0.1, 0.15) is 27.7 Å². The van der Waals surface area contributed by atoms with E-state index in [4.69, 9.17) is 25.2 Å². The zero-order valence-electron chi connectivity index (χ0n) is 14.3. The van der Waals surface area contributed by atoms with Gasteiger partial charge in [0.1, 0.15) is 0 Å². The molecule has 0 bridgehead atoms. The van der Waals surface area contributed by atoms with Gasteiger partial charge < -0.3 is 25.2 Å². The van der Waals surface area contributed by atoms with Crippen LogP contribution in [-0.2, 0) is 14.3 Å². The van der Waals surface area contributed by atoms with Gasteiger partial charge in [-0.1, -0.05) is 27.7 Å². The van der Waals surface area contributed by atoms with Crippen LogP contribution in [0.25, 0.3) is 0 Å². The van der Waals surface area contributed by atoms with E-state index in [0.29, 0.717) is 11.8 Å². The van der Waals surface area contributed by atoms with E-state index in [1.807, 2.05) is 0 Å². The molecule has 0 amide bonds. The van der Waals surface area contributed by atoms with Crippen molar-refractivity contribution in [2.45, 2.75) is 27.7 Å². The van der Waals surface area contributed by atoms with E-state index in [1.54, 1.807) is 0 Å². The Balaban J connectivity index is -0.000000112. The van der Waals surface area contributed by atoms with Gasteiger partial charge >= 0.3 is 11.9 Å². The van der Waals surface area contributed by atoms with Crippen molar-refractivity contribution < 1.29 is 34.8 Å². The summed E-state index contributed by atoms with van der Waals surface area (Å²) in [5, 5.41) is 30.5. The van der Waals surface area contributed by atoms with Crippen LogP contribution in [0.4, 0.5) is 0 Å². The second-order valence-corrected chi connectivity index (χ2v) is 5.51. The topological polar surface area (TPSA) is 124 Å².